The van der Waals surface area contributed by atoms with Crippen molar-refractivity contribution in [2.75, 3.05) is 32.7 Å². The van der Waals surface area contributed by atoms with E-state index in [1.54, 1.807) is 0 Å². The van der Waals surface area contributed by atoms with E-state index in [1.165, 1.54) is 5.56 Å². The molecule has 0 aromatic heterocycles. The van der Waals surface area contributed by atoms with Gasteiger partial charge in [0.05, 0.1) is 0 Å². The van der Waals surface area contributed by atoms with Crippen molar-refractivity contribution in [1.82, 2.24) is 15.1 Å². The molecule has 0 radical (unpaired) electrons. The summed E-state index contributed by atoms with van der Waals surface area (Å²) in [7, 11) is 0. The molecule has 2 aromatic carbocycles. The Morgan fingerprint density at radius 2 is 1.64 bits per heavy atom. The summed E-state index contributed by atoms with van der Waals surface area (Å²) in [5.41, 5.74) is 2.39. The van der Waals surface area contributed by atoms with Crippen LogP contribution in [0, 0.1) is 0 Å². The number of carbonyl (C=O) groups is 1. The second-order valence-corrected chi connectivity index (χ2v) is 6.73. The van der Waals surface area contributed by atoms with Gasteiger partial charge in [0, 0.05) is 44.3 Å². The molecule has 1 aliphatic heterocycles. The van der Waals surface area contributed by atoms with Crippen molar-refractivity contribution in [2.45, 2.75) is 13.0 Å². The minimum atomic E-state index is 0.0355. The first-order chi connectivity index (χ1) is 12.2. The Bertz CT molecular complexity index is 684. The van der Waals surface area contributed by atoms with Crippen LogP contribution < -0.4 is 5.32 Å². The van der Waals surface area contributed by atoms with Crippen LogP contribution in [0.2, 0.25) is 5.02 Å². The second-order valence-electron chi connectivity index (χ2n) is 6.32. The van der Waals surface area contributed by atoms with Crippen LogP contribution in [0.4, 0.5) is 4.79 Å². The summed E-state index contributed by atoms with van der Waals surface area (Å²) in [6.45, 7) is 4.75. The average Bonchev–Trinajstić information content (AvgIpc) is 2.65. The van der Waals surface area contributed by atoms with Crippen LogP contribution >= 0.6 is 11.6 Å². The van der Waals surface area contributed by atoms with Crippen LogP contribution in [-0.2, 0) is 13.0 Å². The number of hydrogen-bond donors (Lipinski definition) is 1. The first kappa shape index (κ1) is 17.8. The molecule has 1 heterocycles. The van der Waals surface area contributed by atoms with Crippen LogP contribution in [0.5, 0.6) is 0 Å². The fraction of sp³-hybridized carbons (Fsp3) is 0.350. The molecule has 0 unspecified atom stereocenters. The molecule has 1 N–H and O–H groups in total. The monoisotopic (exact) mass is 357 g/mol. The van der Waals surface area contributed by atoms with E-state index >= 15 is 0 Å². The van der Waals surface area contributed by atoms with E-state index in [-0.39, 0.29) is 6.03 Å². The summed E-state index contributed by atoms with van der Waals surface area (Å²) in [6, 6.07) is 18.2. The quantitative estimate of drug-likeness (QED) is 0.890. The third kappa shape index (κ3) is 5.21. The summed E-state index contributed by atoms with van der Waals surface area (Å²) in [5.74, 6) is 0. The highest BCUT2D eigenvalue weighted by Crippen LogP contribution is 2.17. The SMILES string of the molecule is O=C(NCCc1ccccc1)N1CCN(Cc2ccccc2Cl)CC1. The highest BCUT2D eigenvalue weighted by Gasteiger charge is 2.21. The predicted octanol–water partition coefficient (Wildman–Crippen LogP) is 3.41. The lowest BCUT2D eigenvalue weighted by molar-refractivity contribution is 0.135. The van der Waals surface area contributed by atoms with Crippen LogP contribution in [0.3, 0.4) is 0 Å². The van der Waals surface area contributed by atoms with Crippen LogP contribution in [-0.4, -0.2) is 48.6 Å². The minimum absolute atomic E-state index is 0.0355. The number of carbonyl (C=O) groups excluding carboxylic acids is 1. The van der Waals surface area contributed by atoms with Crippen LogP contribution in [0.25, 0.3) is 0 Å². The number of amides is 2. The zero-order valence-corrected chi connectivity index (χ0v) is 15.1. The van der Waals surface area contributed by atoms with Gasteiger partial charge < -0.3 is 10.2 Å². The molecule has 0 spiro atoms. The maximum absolute atomic E-state index is 12.3. The Kier molecular flexibility index (Phi) is 6.31. The average molecular weight is 358 g/mol. The van der Waals surface area contributed by atoms with E-state index in [2.05, 4.69) is 28.4 Å². The third-order valence-electron chi connectivity index (χ3n) is 4.54. The molecule has 0 saturated carbocycles. The Morgan fingerprint density at radius 3 is 2.36 bits per heavy atom. The summed E-state index contributed by atoms with van der Waals surface area (Å²) in [6.07, 6.45) is 0.860. The molecule has 2 amide bonds. The third-order valence-corrected chi connectivity index (χ3v) is 4.91. The molecule has 132 valence electrons. The molecule has 0 aliphatic carbocycles. The maximum atomic E-state index is 12.3. The van der Waals surface area contributed by atoms with E-state index in [0.29, 0.717) is 6.54 Å². The number of piperazine rings is 1. The molecule has 0 bridgehead atoms. The van der Waals surface area contributed by atoms with Gasteiger partial charge in [0.1, 0.15) is 0 Å². The Morgan fingerprint density at radius 1 is 0.960 bits per heavy atom. The van der Waals surface area contributed by atoms with Gasteiger partial charge in [0.25, 0.3) is 0 Å². The first-order valence-corrected chi connectivity index (χ1v) is 9.12. The van der Waals surface area contributed by atoms with E-state index in [9.17, 15) is 4.79 Å². The first-order valence-electron chi connectivity index (χ1n) is 8.75. The normalized spacial score (nSPS) is 15.2. The molecule has 2 aromatic rings. The zero-order chi connectivity index (χ0) is 17.5. The molecule has 0 atom stereocenters. The van der Waals surface area contributed by atoms with E-state index < -0.39 is 0 Å². The van der Waals surface area contributed by atoms with Gasteiger partial charge in [-0.25, -0.2) is 4.79 Å². The van der Waals surface area contributed by atoms with Crippen molar-refractivity contribution >= 4 is 17.6 Å². The van der Waals surface area contributed by atoms with Crippen molar-refractivity contribution in [3.8, 4) is 0 Å². The van der Waals surface area contributed by atoms with Crippen molar-refractivity contribution < 1.29 is 4.79 Å². The number of nitrogens with zero attached hydrogens (tertiary/aromatic N) is 2. The van der Waals surface area contributed by atoms with Gasteiger partial charge in [-0.05, 0) is 23.6 Å². The molecule has 1 saturated heterocycles. The van der Waals surface area contributed by atoms with E-state index in [0.717, 1.165) is 49.7 Å². The molecule has 1 fully saturated rings. The highest BCUT2D eigenvalue weighted by molar-refractivity contribution is 6.31. The largest absolute Gasteiger partial charge is 0.338 e. The lowest BCUT2D eigenvalue weighted by Gasteiger charge is -2.34. The molecule has 4 nitrogen and oxygen atoms in total. The van der Waals surface area contributed by atoms with Crippen LogP contribution in [0.1, 0.15) is 11.1 Å². The number of nitrogens with one attached hydrogen (secondary N) is 1. The number of urea groups is 1. The van der Waals surface area contributed by atoms with Gasteiger partial charge in [0.15, 0.2) is 0 Å². The zero-order valence-electron chi connectivity index (χ0n) is 14.3. The highest BCUT2D eigenvalue weighted by atomic mass is 35.5. The van der Waals surface area contributed by atoms with Gasteiger partial charge in [-0.15, -0.1) is 0 Å². The predicted molar refractivity (Wildman–Crippen MR) is 102 cm³/mol. The summed E-state index contributed by atoms with van der Waals surface area (Å²) in [4.78, 5) is 16.5. The molecule has 1 aliphatic rings. The number of rotatable bonds is 5. The van der Waals surface area contributed by atoms with E-state index in [1.807, 2.05) is 41.3 Å². The Hall–Kier alpha value is -2.04. The van der Waals surface area contributed by atoms with Gasteiger partial charge in [-0.3, -0.25) is 4.90 Å². The van der Waals surface area contributed by atoms with Gasteiger partial charge in [0.2, 0.25) is 0 Å². The topological polar surface area (TPSA) is 35.6 Å². The molecular weight excluding hydrogens is 334 g/mol. The lowest BCUT2D eigenvalue weighted by atomic mass is 10.1. The number of hydrogen-bond acceptors (Lipinski definition) is 2. The van der Waals surface area contributed by atoms with Gasteiger partial charge in [-0.2, -0.15) is 0 Å². The standard InChI is InChI=1S/C20H24ClN3O/c21-19-9-5-4-8-18(19)16-23-12-14-24(15-13-23)20(25)22-11-10-17-6-2-1-3-7-17/h1-9H,10-16H2,(H,22,25). The van der Waals surface area contributed by atoms with Crippen LogP contribution in [0.15, 0.2) is 54.6 Å². The fourth-order valence-electron chi connectivity index (χ4n) is 3.05. The Labute approximate surface area is 154 Å². The lowest BCUT2D eigenvalue weighted by Crippen LogP contribution is -2.51. The van der Waals surface area contributed by atoms with E-state index in [4.69, 9.17) is 11.6 Å². The molecule has 3 rings (SSSR count). The molecule has 25 heavy (non-hydrogen) atoms. The molecular formula is C20H24ClN3O. The summed E-state index contributed by atoms with van der Waals surface area (Å²) in [5, 5.41) is 3.83. The summed E-state index contributed by atoms with van der Waals surface area (Å²) >= 11 is 6.23. The molecule has 5 heteroatoms. The van der Waals surface area contributed by atoms with Gasteiger partial charge >= 0.3 is 6.03 Å². The van der Waals surface area contributed by atoms with Crippen molar-refractivity contribution in [1.29, 1.82) is 0 Å². The minimum Gasteiger partial charge on any atom is -0.338 e. The fourth-order valence-corrected chi connectivity index (χ4v) is 3.24. The van der Waals surface area contributed by atoms with Gasteiger partial charge in [-0.1, -0.05) is 60.1 Å². The smallest absolute Gasteiger partial charge is 0.317 e. The van der Waals surface area contributed by atoms with Crippen molar-refractivity contribution in [2.24, 2.45) is 0 Å². The summed E-state index contributed by atoms with van der Waals surface area (Å²) < 4.78 is 0. The number of benzene rings is 2. The number of halogens is 1. The van der Waals surface area contributed by atoms with Crippen molar-refractivity contribution in [3.63, 3.8) is 0 Å². The second kappa shape index (κ2) is 8.88. The Balaban J connectivity index is 1.39. The maximum Gasteiger partial charge on any atom is 0.317 e. The van der Waals surface area contributed by atoms with Crippen molar-refractivity contribution in [3.05, 3.63) is 70.7 Å².